The topological polar surface area (TPSA) is 66.8 Å². The van der Waals surface area contributed by atoms with Crippen LogP contribution in [0.25, 0.3) is 0 Å². The normalized spacial score (nSPS) is 16.4. The molecule has 194 valence electrons. The average Bonchev–Trinajstić information content (AvgIpc) is 3.16. The summed E-state index contributed by atoms with van der Waals surface area (Å²) < 4.78 is 6.34. The molecule has 37 heavy (non-hydrogen) atoms. The minimum absolute atomic E-state index is 0.0925. The number of benzene rings is 3. The van der Waals surface area contributed by atoms with Gasteiger partial charge in [0.2, 0.25) is 5.91 Å². The zero-order valence-electron chi connectivity index (χ0n) is 21.3. The van der Waals surface area contributed by atoms with Crippen molar-refractivity contribution in [3.05, 3.63) is 98.5 Å². The Morgan fingerprint density at radius 3 is 2.30 bits per heavy atom. The molecule has 3 aromatic rings. The molecule has 0 saturated carbocycles. The molecule has 1 unspecified atom stereocenters. The Bertz CT molecular complexity index is 1310. The summed E-state index contributed by atoms with van der Waals surface area (Å²) in [6.07, 6.45) is 1.61. The predicted octanol–water partition coefficient (Wildman–Crippen LogP) is 6.71. The van der Waals surface area contributed by atoms with Crippen molar-refractivity contribution < 1.29 is 19.4 Å². The SMILES string of the molecule is CC(C)c1ccc(CC2(C)Cc3cc(CC(=O)N(CC(=O)O)Cc4ccc(Cl)c(Cl)c4)ccc3O2)cc1. The van der Waals surface area contributed by atoms with Crippen molar-refractivity contribution in [3.8, 4) is 5.75 Å². The van der Waals surface area contributed by atoms with E-state index in [9.17, 15) is 14.7 Å². The Balaban J connectivity index is 1.44. The van der Waals surface area contributed by atoms with Crippen molar-refractivity contribution in [2.24, 2.45) is 0 Å². The highest BCUT2D eigenvalue weighted by Crippen LogP contribution is 2.38. The molecule has 0 fully saturated rings. The monoisotopic (exact) mass is 539 g/mol. The molecule has 0 saturated heterocycles. The zero-order chi connectivity index (χ0) is 26.7. The van der Waals surface area contributed by atoms with Crippen molar-refractivity contribution in [2.45, 2.75) is 58.1 Å². The van der Waals surface area contributed by atoms with Gasteiger partial charge in [-0.3, -0.25) is 9.59 Å². The molecule has 3 aromatic carbocycles. The Kier molecular flexibility index (Phi) is 8.15. The number of fused-ring (bicyclic) bond motifs is 1. The Morgan fingerprint density at radius 2 is 1.65 bits per heavy atom. The van der Waals surface area contributed by atoms with Gasteiger partial charge in [0.15, 0.2) is 0 Å². The summed E-state index contributed by atoms with van der Waals surface area (Å²) in [5, 5.41) is 10.1. The second kappa shape index (κ2) is 11.2. The van der Waals surface area contributed by atoms with E-state index in [0.29, 0.717) is 21.5 Å². The van der Waals surface area contributed by atoms with Crippen molar-refractivity contribution in [1.29, 1.82) is 0 Å². The van der Waals surface area contributed by atoms with Crippen molar-refractivity contribution in [2.75, 3.05) is 6.54 Å². The lowest BCUT2D eigenvalue weighted by Gasteiger charge is -2.24. The summed E-state index contributed by atoms with van der Waals surface area (Å²) in [5.74, 6) is -0.0304. The maximum absolute atomic E-state index is 13.1. The van der Waals surface area contributed by atoms with Gasteiger partial charge in [0.25, 0.3) is 0 Å². The number of halogens is 2. The number of hydrogen-bond acceptors (Lipinski definition) is 3. The lowest BCUT2D eigenvalue weighted by molar-refractivity contribution is -0.144. The number of aliphatic carboxylic acids is 1. The zero-order valence-corrected chi connectivity index (χ0v) is 22.8. The lowest BCUT2D eigenvalue weighted by atomic mass is 9.90. The highest BCUT2D eigenvalue weighted by atomic mass is 35.5. The van der Waals surface area contributed by atoms with E-state index in [0.717, 1.165) is 29.7 Å². The predicted molar refractivity (Wildman–Crippen MR) is 147 cm³/mol. The molecule has 5 nitrogen and oxygen atoms in total. The van der Waals surface area contributed by atoms with Crippen LogP contribution in [0.15, 0.2) is 60.7 Å². The fourth-order valence-corrected chi connectivity index (χ4v) is 5.10. The van der Waals surface area contributed by atoms with Gasteiger partial charge in [0, 0.05) is 19.4 Å². The van der Waals surface area contributed by atoms with Gasteiger partial charge in [-0.25, -0.2) is 0 Å². The van der Waals surface area contributed by atoms with Gasteiger partial charge < -0.3 is 14.7 Å². The number of carboxylic acids is 1. The molecule has 1 aliphatic rings. The highest BCUT2D eigenvalue weighted by molar-refractivity contribution is 6.42. The largest absolute Gasteiger partial charge is 0.487 e. The number of amides is 1. The molecule has 0 aliphatic carbocycles. The van der Waals surface area contributed by atoms with Crippen LogP contribution < -0.4 is 4.74 Å². The Hall–Kier alpha value is -3.02. The van der Waals surface area contributed by atoms with Crippen LogP contribution in [0.3, 0.4) is 0 Å². The number of carboxylic acid groups (broad SMARTS) is 1. The van der Waals surface area contributed by atoms with Gasteiger partial charge in [0.05, 0.1) is 16.5 Å². The molecule has 4 rings (SSSR count). The summed E-state index contributed by atoms with van der Waals surface area (Å²) >= 11 is 12.1. The van der Waals surface area contributed by atoms with Crippen molar-refractivity contribution in [1.82, 2.24) is 4.90 Å². The third kappa shape index (κ3) is 6.85. The average molecular weight is 540 g/mol. The van der Waals surface area contributed by atoms with Gasteiger partial charge in [-0.2, -0.15) is 0 Å². The second-order valence-electron chi connectivity index (χ2n) is 10.3. The van der Waals surface area contributed by atoms with E-state index in [4.69, 9.17) is 27.9 Å². The van der Waals surface area contributed by atoms with Crippen LogP contribution in [-0.2, 0) is 35.4 Å². The molecule has 1 atom stereocenters. The number of rotatable bonds is 9. The maximum atomic E-state index is 13.1. The van der Waals surface area contributed by atoms with Gasteiger partial charge in [-0.05, 0) is 58.9 Å². The molecule has 1 N–H and O–H groups in total. The summed E-state index contributed by atoms with van der Waals surface area (Å²) in [7, 11) is 0. The van der Waals surface area contributed by atoms with Crippen LogP contribution >= 0.6 is 23.2 Å². The first kappa shape index (κ1) is 27.0. The molecule has 0 spiro atoms. The number of ether oxygens (including phenoxy) is 1. The molecule has 1 heterocycles. The minimum Gasteiger partial charge on any atom is -0.487 e. The standard InChI is InChI=1S/C30H31Cl2NO4/c1-19(2)23-8-4-20(5-9-23)15-30(3)16-24-12-21(7-11-27(24)37-30)14-28(34)33(18-29(35)36)17-22-6-10-25(31)26(32)13-22/h4-13,19H,14-18H2,1-3H3,(H,35,36). The molecule has 0 radical (unpaired) electrons. The highest BCUT2D eigenvalue weighted by Gasteiger charge is 2.35. The maximum Gasteiger partial charge on any atom is 0.323 e. The first-order valence-corrected chi connectivity index (χ1v) is 13.1. The van der Waals surface area contributed by atoms with E-state index in [1.807, 2.05) is 18.2 Å². The Labute approximate surface area is 228 Å². The third-order valence-electron chi connectivity index (χ3n) is 6.66. The molecular formula is C30H31Cl2NO4. The lowest BCUT2D eigenvalue weighted by Crippen LogP contribution is -2.36. The molecule has 7 heteroatoms. The van der Waals surface area contributed by atoms with Gasteiger partial charge >= 0.3 is 5.97 Å². The van der Waals surface area contributed by atoms with E-state index >= 15 is 0 Å². The third-order valence-corrected chi connectivity index (χ3v) is 7.40. The number of hydrogen-bond donors (Lipinski definition) is 1. The summed E-state index contributed by atoms with van der Waals surface area (Å²) in [6.45, 7) is 6.21. The molecule has 0 aromatic heterocycles. The Morgan fingerprint density at radius 1 is 0.973 bits per heavy atom. The van der Waals surface area contributed by atoms with Gasteiger partial charge in [-0.1, -0.05) is 79.5 Å². The number of carbonyl (C=O) groups is 2. The van der Waals surface area contributed by atoms with Crippen molar-refractivity contribution in [3.63, 3.8) is 0 Å². The van der Waals surface area contributed by atoms with Crippen LogP contribution in [0.5, 0.6) is 5.75 Å². The summed E-state index contributed by atoms with van der Waals surface area (Å²) in [4.78, 5) is 25.9. The van der Waals surface area contributed by atoms with Crippen LogP contribution in [0.2, 0.25) is 10.0 Å². The first-order chi connectivity index (χ1) is 17.5. The molecular weight excluding hydrogens is 509 g/mol. The molecule has 0 bridgehead atoms. The second-order valence-corrected chi connectivity index (χ2v) is 11.1. The molecule has 1 amide bonds. The van der Waals surface area contributed by atoms with Gasteiger partial charge in [0.1, 0.15) is 17.9 Å². The summed E-state index contributed by atoms with van der Waals surface area (Å²) in [5.41, 5.74) is 4.76. The van der Waals surface area contributed by atoms with E-state index in [1.165, 1.54) is 16.0 Å². The van der Waals surface area contributed by atoms with Crippen LogP contribution in [0.4, 0.5) is 0 Å². The van der Waals surface area contributed by atoms with Crippen molar-refractivity contribution >= 4 is 35.1 Å². The molecule has 1 aliphatic heterocycles. The number of carbonyl (C=O) groups excluding carboxylic acids is 1. The fourth-order valence-electron chi connectivity index (χ4n) is 4.78. The minimum atomic E-state index is -1.08. The summed E-state index contributed by atoms with van der Waals surface area (Å²) in [6, 6.07) is 19.5. The smallest absolute Gasteiger partial charge is 0.323 e. The van der Waals surface area contributed by atoms with E-state index in [1.54, 1.807) is 18.2 Å². The van der Waals surface area contributed by atoms with Crippen LogP contribution in [0.1, 0.15) is 54.5 Å². The fraction of sp³-hybridized carbons (Fsp3) is 0.333. The quantitative estimate of drug-likeness (QED) is 0.328. The van der Waals surface area contributed by atoms with E-state index < -0.39 is 12.5 Å². The number of nitrogens with zero attached hydrogens (tertiary/aromatic N) is 1. The van der Waals surface area contributed by atoms with E-state index in [2.05, 4.69) is 45.0 Å². The van der Waals surface area contributed by atoms with Crippen LogP contribution in [0, 0.1) is 0 Å². The van der Waals surface area contributed by atoms with E-state index in [-0.39, 0.29) is 24.5 Å². The van der Waals surface area contributed by atoms with Crippen LogP contribution in [-0.4, -0.2) is 34.0 Å². The first-order valence-electron chi connectivity index (χ1n) is 12.3. The van der Waals surface area contributed by atoms with Gasteiger partial charge in [-0.15, -0.1) is 0 Å².